The van der Waals surface area contributed by atoms with Crippen LogP contribution in [0.15, 0.2) is 67.1 Å². The van der Waals surface area contributed by atoms with Crippen LogP contribution in [-0.2, 0) is 7.05 Å². The smallest absolute Gasteiger partial charge is 0.312 e. The number of rotatable bonds is 5. The third-order valence-electron chi connectivity index (χ3n) is 4.24. The molecule has 0 N–H and O–H groups in total. The number of ketones is 1. The Kier molecular flexibility index (Phi) is 4.29. The highest BCUT2D eigenvalue weighted by molar-refractivity contribution is 6.07. The van der Waals surface area contributed by atoms with Crippen LogP contribution >= 0.6 is 0 Å². The Hall–Kier alpha value is -4.07. The molecule has 2 aromatic heterocycles. The summed E-state index contributed by atoms with van der Waals surface area (Å²) in [5.41, 5.74) is 0.655. The van der Waals surface area contributed by atoms with Gasteiger partial charge in [0.15, 0.2) is 5.82 Å². The van der Waals surface area contributed by atoms with Crippen LogP contribution in [0.2, 0.25) is 0 Å². The van der Waals surface area contributed by atoms with Crippen molar-refractivity contribution in [1.82, 2.24) is 14.5 Å². The van der Waals surface area contributed by atoms with Crippen LogP contribution in [-0.4, -0.2) is 25.2 Å². The second kappa shape index (κ2) is 6.92. The largest absolute Gasteiger partial charge is 0.450 e. The number of nitro benzene ring substituents is 1. The SMILES string of the molecule is Cn1ccnc1C(=O)c1ccc(Oc2ccc3ncccc3c2)c([N+](=O)[O-])c1. The van der Waals surface area contributed by atoms with Crippen molar-refractivity contribution in [2.24, 2.45) is 7.05 Å². The molecule has 2 heterocycles. The summed E-state index contributed by atoms with van der Waals surface area (Å²) in [5, 5.41) is 12.4. The van der Waals surface area contributed by atoms with Crippen molar-refractivity contribution < 1.29 is 14.5 Å². The number of benzene rings is 2. The molecule has 0 radical (unpaired) electrons. The van der Waals surface area contributed by atoms with Gasteiger partial charge in [0, 0.05) is 42.7 Å². The number of pyridine rings is 1. The normalized spacial score (nSPS) is 10.8. The lowest BCUT2D eigenvalue weighted by atomic mass is 10.1. The van der Waals surface area contributed by atoms with E-state index in [1.54, 1.807) is 48.3 Å². The first-order valence-electron chi connectivity index (χ1n) is 8.36. The Morgan fingerprint density at radius 3 is 2.71 bits per heavy atom. The van der Waals surface area contributed by atoms with E-state index in [2.05, 4.69) is 9.97 Å². The second-order valence-electron chi connectivity index (χ2n) is 6.09. The van der Waals surface area contributed by atoms with E-state index in [1.807, 2.05) is 6.07 Å². The predicted octanol–water partition coefficient (Wildman–Crippen LogP) is 3.90. The number of hydrogen-bond donors (Lipinski definition) is 0. The zero-order valence-corrected chi connectivity index (χ0v) is 14.8. The number of nitrogens with zero attached hydrogens (tertiary/aromatic N) is 4. The quantitative estimate of drug-likeness (QED) is 0.298. The number of aromatic nitrogens is 3. The maximum absolute atomic E-state index is 12.6. The Morgan fingerprint density at radius 1 is 1.11 bits per heavy atom. The summed E-state index contributed by atoms with van der Waals surface area (Å²) in [6.07, 6.45) is 4.81. The summed E-state index contributed by atoms with van der Waals surface area (Å²) in [6, 6.07) is 13.0. The molecular weight excluding hydrogens is 360 g/mol. The number of carbonyl (C=O) groups is 1. The van der Waals surface area contributed by atoms with Crippen molar-refractivity contribution in [3.63, 3.8) is 0 Å². The topological polar surface area (TPSA) is 100 Å². The van der Waals surface area contributed by atoms with Crippen LogP contribution in [0.1, 0.15) is 16.2 Å². The Bertz CT molecular complexity index is 1220. The van der Waals surface area contributed by atoms with Crippen LogP contribution in [0, 0.1) is 10.1 Å². The van der Waals surface area contributed by atoms with E-state index in [1.165, 1.54) is 24.4 Å². The summed E-state index contributed by atoms with van der Waals surface area (Å²) in [6.45, 7) is 0. The average Bonchev–Trinajstić information content (AvgIpc) is 3.13. The summed E-state index contributed by atoms with van der Waals surface area (Å²) in [4.78, 5) is 31.7. The van der Waals surface area contributed by atoms with Gasteiger partial charge in [-0.1, -0.05) is 6.07 Å². The number of hydrogen-bond acceptors (Lipinski definition) is 6. The van der Waals surface area contributed by atoms with Crippen molar-refractivity contribution in [2.45, 2.75) is 0 Å². The molecule has 0 atom stereocenters. The van der Waals surface area contributed by atoms with Gasteiger partial charge in [-0.2, -0.15) is 0 Å². The fourth-order valence-corrected chi connectivity index (χ4v) is 2.85. The summed E-state index contributed by atoms with van der Waals surface area (Å²) >= 11 is 0. The molecule has 0 fully saturated rings. The molecule has 0 unspecified atom stereocenters. The average molecular weight is 374 g/mol. The van der Waals surface area contributed by atoms with Gasteiger partial charge in [0.25, 0.3) is 0 Å². The molecule has 0 aliphatic rings. The fraction of sp³-hybridized carbons (Fsp3) is 0.0500. The first-order valence-corrected chi connectivity index (χ1v) is 8.36. The van der Waals surface area contributed by atoms with Gasteiger partial charge in [-0.05, 0) is 36.4 Å². The van der Waals surface area contributed by atoms with Gasteiger partial charge in [0.1, 0.15) is 5.75 Å². The van der Waals surface area contributed by atoms with Gasteiger partial charge >= 0.3 is 5.69 Å². The number of carbonyl (C=O) groups excluding carboxylic acids is 1. The lowest BCUT2D eigenvalue weighted by Crippen LogP contribution is -2.09. The maximum Gasteiger partial charge on any atom is 0.312 e. The van der Waals surface area contributed by atoms with Gasteiger partial charge in [-0.25, -0.2) is 4.98 Å². The minimum atomic E-state index is -0.576. The Morgan fingerprint density at radius 2 is 1.96 bits per heavy atom. The summed E-state index contributed by atoms with van der Waals surface area (Å²) < 4.78 is 7.28. The Balaban J connectivity index is 1.69. The van der Waals surface area contributed by atoms with Crippen LogP contribution in [0.5, 0.6) is 11.5 Å². The predicted molar refractivity (Wildman–Crippen MR) is 102 cm³/mol. The van der Waals surface area contributed by atoms with E-state index < -0.39 is 10.7 Å². The van der Waals surface area contributed by atoms with Gasteiger partial charge in [0.05, 0.1) is 10.4 Å². The molecule has 0 amide bonds. The third kappa shape index (κ3) is 3.18. The molecule has 2 aromatic carbocycles. The molecule has 0 aliphatic heterocycles. The first-order chi connectivity index (χ1) is 13.5. The molecule has 0 saturated heterocycles. The van der Waals surface area contributed by atoms with Gasteiger partial charge in [-0.3, -0.25) is 19.9 Å². The van der Waals surface area contributed by atoms with Gasteiger partial charge in [-0.15, -0.1) is 0 Å². The molecule has 138 valence electrons. The zero-order valence-electron chi connectivity index (χ0n) is 14.8. The molecule has 4 rings (SSSR count). The molecular formula is C20H14N4O4. The maximum atomic E-state index is 12.6. The van der Waals surface area contributed by atoms with E-state index in [0.29, 0.717) is 5.75 Å². The summed E-state index contributed by atoms with van der Waals surface area (Å²) in [5.74, 6) is 0.278. The van der Waals surface area contributed by atoms with Crippen LogP contribution in [0.4, 0.5) is 5.69 Å². The molecule has 0 aliphatic carbocycles. The number of ether oxygens (including phenoxy) is 1. The van der Waals surface area contributed by atoms with Crippen LogP contribution in [0.25, 0.3) is 10.9 Å². The van der Waals surface area contributed by atoms with E-state index >= 15 is 0 Å². The standard InChI is InChI=1S/C20H14N4O4/c1-23-10-9-22-20(23)19(25)14-4-7-18(17(12-14)24(26)27)28-15-5-6-16-13(11-15)3-2-8-21-16/h2-12H,1H3. The lowest BCUT2D eigenvalue weighted by molar-refractivity contribution is -0.385. The molecule has 0 bridgehead atoms. The first kappa shape index (κ1) is 17.3. The lowest BCUT2D eigenvalue weighted by Gasteiger charge is -2.08. The van der Waals surface area contributed by atoms with E-state index in [0.717, 1.165) is 10.9 Å². The minimum Gasteiger partial charge on any atom is -0.450 e. The van der Waals surface area contributed by atoms with Crippen molar-refractivity contribution in [3.8, 4) is 11.5 Å². The highest BCUT2D eigenvalue weighted by Gasteiger charge is 2.22. The Labute approximate surface area is 159 Å². The van der Waals surface area contributed by atoms with Crippen molar-refractivity contribution >= 4 is 22.4 Å². The molecule has 8 nitrogen and oxygen atoms in total. The van der Waals surface area contributed by atoms with Crippen molar-refractivity contribution in [1.29, 1.82) is 0 Å². The van der Waals surface area contributed by atoms with Gasteiger partial charge < -0.3 is 9.30 Å². The molecule has 28 heavy (non-hydrogen) atoms. The highest BCUT2D eigenvalue weighted by atomic mass is 16.6. The van der Waals surface area contributed by atoms with Crippen molar-refractivity contribution in [2.75, 3.05) is 0 Å². The van der Waals surface area contributed by atoms with Crippen molar-refractivity contribution in [3.05, 3.63) is 88.6 Å². The van der Waals surface area contributed by atoms with Crippen LogP contribution in [0.3, 0.4) is 0 Å². The molecule has 0 spiro atoms. The molecule has 8 heteroatoms. The number of fused-ring (bicyclic) bond motifs is 1. The third-order valence-corrected chi connectivity index (χ3v) is 4.24. The number of aryl methyl sites for hydroxylation is 1. The molecule has 0 saturated carbocycles. The van der Waals surface area contributed by atoms with E-state index in [9.17, 15) is 14.9 Å². The van der Waals surface area contributed by atoms with Crippen LogP contribution < -0.4 is 4.74 Å². The van der Waals surface area contributed by atoms with Gasteiger partial charge in [0.2, 0.25) is 11.5 Å². The number of nitro groups is 1. The minimum absolute atomic E-state index is 0.0460. The second-order valence-corrected chi connectivity index (χ2v) is 6.09. The van der Waals surface area contributed by atoms with E-state index in [-0.39, 0.29) is 22.8 Å². The monoisotopic (exact) mass is 374 g/mol. The molecule has 4 aromatic rings. The zero-order chi connectivity index (χ0) is 19.7. The summed E-state index contributed by atoms with van der Waals surface area (Å²) in [7, 11) is 1.68. The van der Waals surface area contributed by atoms with E-state index in [4.69, 9.17) is 4.74 Å². The number of imidazole rings is 1. The fourth-order valence-electron chi connectivity index (χ4n) is 2.85. The highest BCUT2D eigenvalue weighted by Crippen LogP contribution is 2.33.